The van der Waals surface area contributed by atoms with E-state index in [0.717, 1.165) is 16.9 Å². The minimum absolute atomic E-state index is 0.169. The van der Waals surface area contributed by atoms with E-state index in [1.54, 1.807) is 25.3 Å². The van der Waals surface area contributed by atoms with Gasteiger partial charge in [0, 0.05) is 17.6 Å². The molecule has 4 N–H and O–H groups in total. The summed E-state index contributed by atoms with van der Waals surface area (Å²) in [6.07, 6.45) is 1.58. The summed E-state index contributed by atoms with van der Waals surface area (Å²) in [7, 11) is 0. The summed E-state index contributed by atoms with van der Waals surface area (Å²) in [5.41, 5.74) is 11.5. The second-order valence-corrected chi connectivity index (χ2v) is 9.40. The number of aromatic amines is 1. The van der Waals surface area contributed by atoms with Gasteiger partial charge < -0.3 is 10.8 Å². The molecule has 4 rings (SSSR count). The third-order valence-electron chi connectivity index (χ3n) is 6.00. The molecule has 0 atom stereocenters. The first-order chi connectivity index (χ1) is 17.6. The number of rotatable bonds is 6. The number of carboxylic acids is 1. The lowest BCUT2D eigenvalue weighted by molar-refractivity contribution is 0.0697. The summed E-state index contributed by atoms with van der Waals surface area (Å²) in [4.78, 5) is 28.3. The Bertz CT molecular complexity index is 1440. The summed E-state index contributed by atoms with van der Waals surface area (Å²) in [6, 6.07) is 22.0. The number of hydrogen-bond acceptors (Lipinski definition) is 4. The van der Waals surface area contributed by atoms with Gasteiger partial charge in [0.25, 0.3) is 5.56 Å². The molecule has 0 saturated heterocycles. The Labute approximate surface area is 217 Å². The summed E-state index contributed by atoms with van der Waals surface area (Å²) in [5.74, 6) is -0.149. The number of benzene rings is 3. The predicted octanol–water partition coefficient (Wildman–Crippen LogP) is 6.44. The number of anilines is 1. The third-order valence-corrected chi connectivity index (χ3v) is 6.00. The van der Waals surface area contributed by atoms with Crippen molar-refractivity contribution in [3.05, 3.63) is 111 Å². The number of nitrogens with zero attached hydrogens (tertiary/aromatic N) is 2. The maximum Gasteiger partial charge on any atom is 0.335 e. The molecule has 0 unspecified atom stereocenters. The lowest BCUT2D eigenvalue weighted by Crippen LogP contribution is -2.17. The predicted molar refractivity (Wildman–Crippen MR) is 151 cm³/mol. The molecule has 1 aromatic heterocycles. The maximum atomic E-state index is 12.8. The molecule has 0 aliphatic heterocycles. The van der Waals surface area contributed by atoms with E-state index in [1.165, 1.54) is 22.4 Å². The van der Waals surface area contributed by atoms with Crippen molar-refractivity contribution in [2.24, 2.45) is 4.99 Å². The third kappa shape index (κ3) is 6.64. The number of aromatic nitrogens is 2. The largest absolute Gasteiger partial charge is 0.478 e. The number of para-hydroxylation sites is 2. The van der Waals surface area contributed by atoms with Crippen LogP contribution in [0, 0.1) is 6.92 Å². The highest BCUT2D eigenvalue weighted by atomic mass is 16.4. The Morgan fingerprint density at radius 1 is 0.919 bits per heavy atom. The number of aliphatic imine (C=N–C) groups is 1. The number of nitrogens with one attached hydrogen (secondary N) is 1. The van der Waals surface area contributed by atoms with Crippen LogP contribution in [-0.4, -0.2) is 27.1 Å². The van der Waals surface area contributed by atoms with Crippen LogP contribution < -0.4 is 11.3 Å². The van der Waals surface area contributed by atoms with Crippen molar-refractivity contribution in [2.45, 2.75) is 46.5 Å². The Hall–Kier alpha value is -4.39. The van der Waals surface area contributed by atoms with Crippen LogP contribution in [0.4, 0.5) is 11.4 Å². The van der Waals surface area contributed by atoms with E-state index in [9.17, 15) is 9.59 Å². The lowest BCUT2D eigenvalue weighted by Gasteiger charge is -2.08. The van der Waals surface area contributed by atoms with Gasteiger partial charge in [0.05, 0.1) is 22.5 Å². The zero-order chi connectivity index (χ0) is 27.1. The van der Waals surface area contributed by atoms with Gasteiger partial charge in [-0.3, -0.25) is 14.9 Å². The zero-order valence-electron chi connectivity index (χ0n) is 21.9. The molecule has 0 spiro atoms. The average molecular weight is 499 g/mol. The van der Waals surface area contributed by atoms with Crippen LogP contribution in [0.5, 0.6) is 0 Å². The van der Waals surface area contributed by atoms with Gasteiger partial charge in [0.1, 0.15) is 0 Å². The van der Waals surface area contributed by atoms with Crippen molar-refractivity contribution in [3.63, 3.8) is 0 Å². The van der Waals surface area contributed by atoms with Crippen molar-refractivity contribution in [3.8, 4) is 5.69 Å². The van der Waals surface area contributed by atoms with Crippen molar-refractivity contribution < 1.29 is 9.90 Å². The van der Waals surface area contributed by atoms with E-state index < -0.39 is 5.97 Å². The Balaban J connectivity index is 0.000000319. The van der Waals surface area contributed by atoms with Gasteiger partial charge in [0.2, 0.25) is 0 Å². The molecule has 0 aliphatic carbocycles. The van der Waals surface area contributed by atoms with E-state index in [0.29, 0.717) is 28.8 Å². The minimum Gasteiger partial charge on any atom is -0.478 e. The molecule has 0 radical (unpaired) electrons. The number of hydrogen-bond donors (Lipinski definition) is 3. The van der Waals surface area contributed by atoms with Crippen LogP contribution in [0.3, 0.4) is 0 Å². The quantitative estimate of drug-likeness (QED) is 0.210. The summed E-state index contributed by atoms with van der Waals surface area (Å²) in [6.45, 7) is 10.3. The molecule has 37 heavy (non-hydrogen) atoms. The number of aryl methyl sites for hydroxylation is 1. The lowest BCUT2D eigenvalue weighted by atomic mass is 10.0. The average Bonchev–Trinajstić information content (AvgIpc) is 3.16. The maximum absolute atomic E-state index is 12.8. The topological polar surface area (TPSA) is 113 Å². The molecule has 7 nitrogen and oxygen atoms in total. The van der Waals surface area contributed by atoms with Gasteiger partial charge in [-0.2, -0.15) is 0 Å². The van der Waals surface area contributed by atoms with Crippen LogP contribution in [0.25, 0.3) is 5.69 Å². The Morgan fingerprint density at radius 3 is 2.03 bits per heavy atom. The van der Waals surface area contributed by atoms with Crippen molar-refractivity contribution in [1.82, 2.24) is 9.78 Å². The SMILES string of the molecule is CC(C)c1ccccc1N.Cc1[nH]n(-c2ccc(C(=O)O)cc2)c(=O)c1C=Nc1ccccc1C(C)C. The molecule has 0 saturated carbocycles. The fraction of sp³-hybridized carbons (Fsp3) is 0.233. The van der Waals surface area contributed by atoms with Crippen molar-refractivity contribution in [1.29, 1.82) is 0 Å². The molecule has 4 aromatic rings. The highest BCUT2D eigenvalue weighted by molar-refractivity contribution is 5.87. The minimum atomic E-state index is -1.01. The highest BCUT2D eigenvalue weighted by Gasteiger charge is 2.12. The van der Waals surface area contributed by atoms with Gasteiger partial charge in [-0.15, -0.1) is 0 Å². The first kappa shape index (κ1) is 27.2. The molecule has 1 heterocycles. The monoisotopic (exact) mass is 498 g/mol. The summed E-state index contributed by atoms with van der Waals surface area (Å²) in [5, 5.41) is 12.0. The number of aromatic carboxylic acids is 1. The van der Waals surface area contributed by atoms with Crippen LogP contribution >= 0.6 is 0 Å². The van der Waals surface area contributed by atoms with Gasteiger partial charge in [-0.1, -0.05) is 64.1 Å². The smallest absolute Gasteiger partial charge is 0.335 e. The summed E-state index contributed by atoms with van der Waals surface area (Å²) >= 11 is 0. The van der Waals surface area contributed by atoms with E-state index in [4.69, 9.17) is 10.8 Å². The van der Waals surface area contributed by atoms with Crippen LogP contribution in [0.1, 0.15) is 72.3 Å². The fourth-order valence-electron chi connectivity index (χ4n) is 3.91. The Morgan fingerprint density at radius 2 is 1.49 bits per heavy atom. The van der Waals surface area contributed by atoms with Crippen LogP contribution in [0.2, 0.25) is 0 Å². The van der Waals surface area contributed by atoms with E-state index in [2.05, 4.69) is 43.9 Å². The first-order valence-corrected chi connectivity index (χ1v) is 12.2. The van der Waals surface area contributed by atoms with E-state index in [1.807, 2.05) is 42.5 Å². The molecular weight excluding hydrogens is 464 g/mol. The zero-order valence-corrected chi connectivity index (χ0v) is 21.9. The van der Waals surface area contributed by atoms with Crippen LogP contribution in [-0.2, 0) is 0 Å². The van der Waals surface area contributed by atoms with Crippen LogP contribution in [0.15, 0.2) is 82.6 Å². The number of nitrogen functional groups attached to an aromatic ring is 1. The molecule has 0 bridgehead atoms. The van der Waals surface area contributed by atoms with Gasteiger partial charge >= 0.3 is 5.97 Å². The molecule has 192 valence electrons. The Kier molecular flexibility index (Phi) is 8.85. The van der Waals surface area contributed by atoms with Crippen molar-refractivity contribution in [2.75, 3.05) is 5.73 Å². The molecule has 0 aliphatic rings. The number of H-pyrrole nitrogens is 1. The fourth-order valence-corrected chi connectivity index (χ4v) is 3.91. The normalized spacial score (nSPS) is 11.1. The molecule has 3 aromatic carbocycles. The van der Waals surface area contributed by atoms with E-state index in [-0.39, 0.29) is 11.1 Å². The second kappa shape index (κ2) is 12.0. The first-order valence-electron chi connectivity index (χ1n) is 12.2. The number of nitrogens with two attached hydrogens (primary N) is 1. The molecule has 0 fully saturated rings. The van der Waals surface area contributed by atoms with Gasteiger partial charge in [-0.05, 0) is 66.3 Å². The molecular formula is C30H34N4O3. The molecule has 7 heteroatoms. The van der Waals surface area contributed by atoms with Gasteiger partial charge in [0.15, 0.2) is 0 Å². The standard InChI is InChI=1S/C21H21N3O3.C9H13N/c1-13(2)17-6-4-5-7-19(17)22-12-18-14(3)23-24(20(18)25)16-10-8-15(9-11-16)21(26)27;1-7(2)8-5-3-4-6-9(8)10/h4-13,23H,1-3H3,(H,26,27);3-7H,10H2,1-2H3. The van der Waals surface area contributed by atoms with E-state index >= 15 is 0 Å². The highest BCUT2D eigenvalue weighted by Crippen LogP contribution is 2.26. The van der Waals surface area contributed by atoms with Crippen molar-refractivity contribution >= 4 is 23.6 Å². The molecule has 0 amide bonds. The second-order valence-electron chi connectivity index (χ2n) is 9.40. The summed E-state index contributed by atoms with van der Waals surface area (Å²) < 4.78 is 1.39. The van der Waals surface area contributed by atoms with Gasteiger partial charge in [-0.25, -0.2) is 9.48 Å². The number of carboxylic acid groups (broad SMARTS) is 1. The number of carbonyl (C=O) groups is 1.